The number of benzene rings is 1. The molecule has 3 rings (SSSR count). The van der Waals surface area contributed by atoms with Crippen molar-refractivity contribution in [2.24, 2.45) is 7.05 Å². The summed E-state index contributed by atoms with van der Waals surface area (Å²) in [4.78, 5) is 17.0. The lowest BCUT2D eigenvalue weighted by Crippen LogP contribution is -2.30. The van der Waals surface area contributed by atoms with Crippen LogP contribution in [0.5, 0.6) is 0 Å². The first-order chi connectivity index (χ1) is 13.4. The van der Waals surface area contributed by atoms with Gasteiger partial charge in [-0.05, 0) is 36.4 Å². The number of nitrogens with zero attached hydrogens (tertiary/aromatic N) is 3. The van der Waals surface area contributed by atoms with Crippen molar-refractivity contribution in [3.8, 4) is 0 Å². The zero-order valence-electron chi connectivity index (χ0n) is 16.2. The number of hydrogen-bond acceptors (Lipinski definition) is 4. The summed E-state index contributed by atoms with van der Waals surface area (Å²) in [5.74, 6) is -0.238. The largest absolute Gasteiger partial charge is 0.345 e. The molecule has 148 valence electrons. The van der Waals surface area contributed by atoms with Crippen LogP contribution >= 0.6 is 0 Å². The van der Waals surface area contributed by atoms with Gasteiger partial charge in [-0.1, -0.05) is 19.9 Å². The fourth-order valence-electron chi connectivity index (χ4n) is 3.18. The molecule has 0 fully saturated rings. The third kappa shape index (κ3) is 3.79. The molecule has 2 heterocycles. The Balaban J connectivity index is 1.89. The quantitative estimate of drug-likeness (QED) is 0.661. The van der Waals surface area contributed by atoms with Crippen molar-refractivity contribution in [3.05, 3.63) is 60.0 Å². The molecule has 7 nitrogen and oxygen atoms in total. The average Bonchev–Trinajstić information content (AvgIpc) is 3.04. The van der Waals surface area contributed by atoms with Gasteiger partial charge in [0.15, 0.2) is 0 Å². The highest BCUT2D eigenvalue weighted by atomic mass is 32.2. The van der Waals surface area contributed by atoms with Crippen LogP contribution in [0.2, 0.25) is 0 Å². The Morgan fingerprint density at radius 1 is 1.14 bits per heavy atom. The van der Waals surface area contributed by atoms with Crippen molar-refractivity contribution >= 4 is 26.8 Å². The number of aromatic nitrogens is 2. The normalized spacial score (nSPS) is 11.9. The Labute approximate surface area is 165 Å². The molecule has 3 aromatic rings. The summed E-state index contributed by atoms with van der Waals surface area (Å²) >= 11 is 0. The van der Waals surface area contributed by atoms with E-state index in [1.165, 1.54) is 4.31 Å². The number of fused-ring (bicyclic) bond motifs is 1. The lowest BCUT2D eigenvalue weighted by molar-refractivity contribution is 0.0942. The molecular weight excluding hydrogens is 376 g/mol. The van der Waals surface area contributed by atoms with Gasteiger partial charge in [-0.2, -0.15) is 4.31 Å². The number of hydrogen-bond donors (Lipinski definition) is 1. The van der Waals surface area contributed by atoms with Crippen LogP contribution in [0, 0.1) is 0 Å². The minimum Gasteiger partial charge on any atom is -0.345 e. The number of amides is 1. The van der Waals surface area contributed by atoms with Gasteiger partial charge in [0.05, 0.1) is 17.1 Å². The van der Waals surface area contributed by atoms with Crippen LogP contribution in [0.4, 0.5) is 0 Å². The molecule has 0 unspecified atom stereocenters. The Bertz CT molecular complexity index is 1090. The summed E-state index contributed by atoms with van der Waals surface area (Å²) in [7, 11) is -1.76. The van der Waals surface area contributed by atoms with Crippen molar-refractivity contribution < 1.29 is 13.2 Å². The van der Waals surface area contributed by atoms with Crippen LogP contribution in [0.3, 0.4) is 0 Å². The molecule has 8 heteroatoms. The average molecular weight is 401 g/mol. The van der Waals surface area contributed by atoms with E-state index in [4.69, 9.17) is 0 Å². The first kappa shape index (κ1) is 20.0. The van der Waals surface area contributed by atoms with E-state index in [-0.39, 0.29) is 10.8 Å². The number of nitrogens with one attached hydrogen (secondary N) is 1. The Morgan fingerprint density at radius 3 is 2.54 bits per heavy atom. The Kier molecular flexibility index (Phi) is 5.81. The second-order valence-electron chi connectivity index (χ2n) is 6.40. The maximum absolute atomic E-state index is 12.8. The van der Waals surface area contributed by atoms with E-state index in [0.717, 1.165) is 11.2 Å². The summed E-state index contributed by atoms with van der Waals surface area (Å²) < 4.78 is 28.7. The van der Waals surface area contributed by atoms with Crippen molar-refractivity contribution in [2.75, 3.05) is 13.1 Å². The molecule has 0 bridgehead atoms. The van der Waals surface area contributed by atoms with Gasteiger partial charge < -0.3 is 9.88 Å². The molecular formula is C20H24N4O3S. The number of sulfonamides is 1. The molecule has 0 saturated heterocycles. The van der Waals surface area contributed by atoms with Crippen molar-refractivity contribution in [1.29, 1.82) is 0 Å². The van der Waals surface area contributed by atoms with Gasteiger partial charge in [-0.3, -0.25) is 9.78 Å². The van der Waals surface area contributed by atoms with Gasteiger partial charge in [0, 0.05) is 37.2 Å². The van der Waals surface area contributed by atoms with Gasteiger partial charge in [-0.15, -0.1) is 0 Å². The molecule has 28 heavy (non-hydrogen) atoms. The van der Waals surface area contributed by atoms with Crippen molar-refractivity contribution in [1.82, 2.24) is 19.2 Å². The molecule has 0 atom stereocenters. The number of aryl methyl sites for hydroxylation is 1. The van der Waals surface area contributed by atoms with Crippen LogP contribution in [-0.4, -0.2) is 41.3 Å². The summed E-state index contributed by atoms with van der Waals surface area (Å²) in [6.07, 6.45) is 1.68. The third-order valence-corrected chi connectivity index (χ3v) is 6.79. The standard InChI is InChI=1S/C20H24N4O3S/c1-4-24(5-2)28(26,27)17-9-10-18-15(12-17)13-19(23(18)3)20(25)22-14-16-8-6-7-11-21-16/h6-13H,4-5,14H2,1-3H3,(H,22,25). The molecule has 1 N–H and O–H groups in total. The van der Waals surface area contributed by atoms with E-state index in [1.54, 1.807) is 42.1 Å². The van der Waals surface area contributed by atoms with Gasteiger partial charge in [0.1, 0.15) is 5.69 Å². The molecule has 2 aromatic heterocycles. The fraction of sp³-hybridized carbons (Fsp3) is 0.300. The van der Waals surface area contributed by atoms with Crippen molar-refractivity contribution in [2.45, 2.75) is 25.3 Å². The lowest BCUT2D eigenvalue weighted by Gasteiger charge is -2.18. The van der Waals surface area contributed by atoms with Gasteiger partial charge in [0.2, 0.25) is 10.0 Å². The molecule has 0 spiro atoms. The molecule has 0 aliphatic carbocycles. The highest BCUT2D eigenvalue weighted by molar-refractivity contribution is 7.89. The van der Waals surface area contributed by atoms with E-state index >= 15 is 0 Å². The molecule has 0 aliphatic heterocycles. The molecule has 0 radical (unpaired) electrons. The second-order valence-corrected chi connectivity index (χ2v) is 8.34. The highest BCUT2D eigenvalue weighted by Gasteiger charge is 2.23. The number of rotatable bonds is 7. The van der Waals surface area contributed by atoms with Crippen LogP contribution in [0.15, 0.2) is 53.6 Å². The van der Waals surface area contributed by atoms with Gasteiger partial charge in [0.25, 0.3) is 5.91 Å². The summed E-state index contributed by atoms with van der Waals surface area (Å²) in [5, 5.41) is 3.56. The van der Waals surface area contributed by atoms with Gasteiger partial charge in [-0.25, -0.2) is 8.42 Å². The minimum atomic E-state index is -3.55. The second kappa shape index (κ2) is 8.12. The van der Waals surface area contributed by atoms with Crippen LogP contribution in [0.1, 0.15) is 30.0 Å². The zero-order chi connectivity index (χ0) is 20.3. The third-order valence-electron chi connectivity index (χ3n) is 4.75. The van der Waals surface area contributed by atoms with Gasteiger partial charge >= 0.3 is 0 Å². The maximum Gasteiger partial charge on any atom is 0.268 e. The lowest BCUT2D eigenvalue weighted by atomic mass is 10.2. The smallest absolute Gasteiger partial charge is 0.268 e. The fourth-order valence-corrected chi connectivity index (χ4v) is 4.68. The van der Waals surface area contributed by atoms with Crippen LogP contribution in [0.25, 0.3) is 10.9 Å². The van der Waals surface area contributed by atoms with E-state index in [2.05, 4.69) is 10.3 Å². The zero-order valence-corrected chi connectivity index (χ0v) is 17.0. The van der Waals surface area contributed by atoms with E-state index < -0.39 is 10.0 Å². The van der Waals surface area contributed by atoms with E-state index in [1.807, 2.05) is 32.0 Å². The topological polar surface area (TPSA) is 84.3 Å². The van der Waals surface area contributed by atoms with Crippen molar-refractivity contribution in [3.63, 3.8) is 0 Å². The molecule has 0 aliphatic rings. The molecule has 0 saturated carbocycles. The maximum atomic E-state index is 12.8. The SMILES string of the molecule is CCN(CC)S(=O)(=O)c1ccc2c(c1)cc(C(=O)NCc1ccccn1)n2C. The summed E-state index contributed by atoms with van der Waals surface area (Å²) in [6, 6.07) is 12.2. The number of carbonyl (C=O) groups is 1. The minimum absolute atomic E-state index is 0.231. The monoisotopic (exact) mass is 400 g/mol. The molecule has 1 amide bonds. The van der Waals surface area contributed by atoms with E-state index in [9.17, 15) is 13.2 Å². The molecule has 1 aromatic carbocycles. The van der Waals surface area contributed by atoms with E-state index in [0.29, 0.717) is 30.7 Å². The first-order valence-corrected chi connectivity index (χ1v) is 10.6. The highest BCUT2D eigenvalue weighted by Crippen LogP contribution is 2.24. The summed E-state index contributed by atoms with van der Waals surface area (Å²) in [6.45, 7) is 4.76. The number of carbonyl (C=O) groups excluding carboxylic acids is 1. The predicted molar refractivity (Wildman–Crippen MR) is 108 cm³/mol. The Hall–Kier alpha value is -2.71. The first-order valence-electron chi connectivity index (χ1n) is 9.16. The Morgan fingerprint density at radius 2 is 1.89 bits per heavy atom. The van der Waals surface area contributed by atoms with Crippen LogP contribution in [-0.2, 0) is 23.6 Å². The van der Waals surface area contributed by atoms with Crippen LogP contribution < -0.4 is 5.32 Å². The summed E-state index contributed by atoms with van der Waals surface area (Å²) in [5.41, 5.74) is 2.02. The predicted octanol–water partition coefficient (Wildman–Crippen LogP) is 2.53. The number of pyridine rings is 1.